The maximum absolute atomic E-state index is 12.3. The Balaban J connectivity index is 2.02. The van der Waals surface area contributed by atoms with E-state index in [1.807, 2.05) is 36.4 Å². The molecule has 25 heavy (non-hydrogen) atoms. The normalized spacial score (nSPS) is 22.5. The van der Waals surface area contributed by atoms with Crippen LogP contribution in [0.4, 0.5) is 0 Å². The minimum Gasteiger partial charge on any atom is -0.312 e. The first-order chi connectivity index (χ1) is 11.8. The topological polar surface area (TPSA) is 49.8 Å². The fraction of sp³-hybridized carbons (Fsp3) is 0.333. The van der Waals surface area contributed by atoms with Gasteiger partial charge in [0.15, 0.2) is 0 Å². The monoisotopic (exact) mass is 399 g/mol. The van der Waals surface area contributed by atoms with Crippen LogP contribution in [0.3, 0.4) is 0 Å². The average Bonchev–Trinajstić information content (AvgIpc) is 2.62. The Kier molecular flexibility index (Phi) is 5.60. The fourth-order valence-corrected chi connectivity index (χ4v) is 4.69. The van der Waals surface area contributed by atoms with Crippen molar-refractivity contribution in [3.8, 4) is 0 Å². The second-order valence-electron chi connectivity index (χ2n) is 6.20. The van der Waals surface area contributed by atoms with Crippen molar-refractivity contribution in [1.29, 1.82) is 0 Å². The second kappa shape index (κ2) is 7.40. The van der Waals surface area contributed by atoms with Crippen LogP contribution in [0.5, 0.6) is 0 Å². The molecule has 3 rings (SSSR count). The Hall–Kier alpha value is -0.870. The summed E-state index contributed by atoms with van der Waals surface area (Å²) in [5.41, 5.74) is 3.28. The summed E-state index contributed by atoms with van der Waals surface area (Å²) >= 11 is 12.2. The fourth-order valence-electron chi connectivity index (χ4n) is 3.54. The predicted octanol–water partition coefficient (Wildman–Crippen LogP) is 5.64. The van der Waals surface area contributed by atoms with Gasteiger partial charge in [0.1, 0.15) is 0 Å². The molecule has 0 bridgehead atoms. The molecule has 2 aromatic carbocycles. The highest BCUT2D eigenvalue weighted by Gasteiger charge is 2.37. The van der Waals surface area contributed by atoms with E-state index in [4.69, 9.17) is 27.7 Å². The van der Waals surface area contributed by atoms with E-state index in [1.54, 1.807) is 7.05 Å². The van der Waals surface area contributed by atoms with Crippen molar-refractivity contribution in [3.63, 3.8) is 0 Å². The minimum atomic E-state index is -3.80. The minimum absolute atomic E-state index is 0.175. The number of halogens is 2. The van der Waals surface area contributed by atoms with Crippen LogP contribution in [0.2, 0.25) is 10.0 Å². The molecule has 0 saturated carbocycles. The molecule has 0 heterocycles. The molecular weight excluding hydrogens is 380 g/mol. The van der Waals surface area contributed by atoms with Gasteiger partial charge in [0.25, 0.3) is 0 Å². The molecule has 1 N–H and O–H groups in total. The summed E-state index contributed by atoms with van der Waals surface area (Å²) in [5.74, 6) is 0.177. The molecule has 0 aliphatic heterocycles. The average molecular weight is 400 g/mol. The summed E-state index contributed by atoms with van der Waals surface area (Å²) in [6, 6.07) is 13.5. The van der Waals surface area contributed by atoms with Gasteiger partial charge < -0.3 is 9.42 Å². The van der Waals surface area contributed by atoms with Crippen LogP contribution in [0.25, 0.3) is 0 Å². The van der Waals surface area contributed by atoms with Gasteiger partial charge in [-0.2, -0.15) is 0 Å². The second-order valence-corrected chi connectivity index (χ2v) is 8.99. The SMILES string of the molecule is COP(=O)(O)N(C)[C@H]1CC[C@@H](c2ccc(Cl)c(Cl)c2)c2ccccc21. The molecule has 0 spiro atoms. The van der Waals surface area contributed by atoms with Crippen LogP contribution in [-0.4, -0.2) is 23.7 Å². The smallest absolute Gasteiger partial charge is 0.312 e. The summed E-state index contributed by atoms with van der Waals surface area (Å²) in [7, 11) is -0.915. The first-order valence-corrected chi connectivity index (χ1v) is 10.3. The van der Waals surface area contributed by atoms with Gasteiger partial charge in [-0.3, -0.25) is 0 Å². The van der Waals surface area contributed by atoms with Gasteiger partial charge in [-0.15, -0.1) is 0 Å². The van der Waals surface area contributed by atoms with E-state index in [9.17, 15) is 9.46 Å². The zero-order valence-electron chi connectivity index (χ0n) is 14.0. The molecule has 0 radical (unpaired) electrons. The number of hydrogen-bond donors (Lipinski definition) is 1. The van der Waals surface area contributed by atoms with Gasteiger partial charge in [-0.25, -0.2) is 9.24 Å². The van der Waals surface area contributed by atoms with Gasteiger partial charge >= 0.3 is 7.75 Å². The molecule has 1 unspecified atom stereocenters. The Labute approximate surface area is 157 Å². The van der Waals surface area contributed by atoms with Crippen LogP contribution in [0.1, 0.15) is 41.5 Å². The molecule has 134 valence electrons. The molecular formula is C18H20Cl2NO3P. The number of hydrogen-bond acceptors (Lipinski definition) is 2. The highest BCUT2D eigenvalue weighted by molar-refractivity contribution is 7.50. The van der Waals surface area contributed by atoms with E-state index < -0.39 is 7.75 Å². The number of benzene rings is 2. The third-order valence-electron chi connectivity index (χ3n) is 4.89. The van der Waals surface area contributed by atoms with Crippen molar-refractivity contribution in [3.05, 3.63) is 69.2 Å². The quantitative estimate of drug-likeness (QED) is 0.675. The lowest BCUT2D eigenvalue weighted by Crippen LogP contribution is -2.27. The maximum atomic E-state index is 12.3. The highest BCUT2D eigenvalue weighted by atomic mass is 35.5. The van der Waals surface area contributed by atoms with Crippen molar-refractivity contribution < 1.29 is 14.0 Å². The summed E-state index contributed by atoms with van der Waals surface area (Å²) in [5, 5.41) is 1.07. The zero-order valence-corrected chi connectivity index (χ0v) is 16.4. The highest BCUT2D eigenvalue weighted by Crippen LogP contribution is 2.53. The van der Waals surface area contributed by atoms with Gasteiger partial charge in [-0.1, -0.05) is 53.5 Å². The molecule has 1 aliphatic rings. The molecule has 0 amide bonds. The largest absolute Gasteiger partial charge is 0.405 e. The van der Waals surface area contributed by atoms with Crippen molar-refractivity contribution in [2.45, 2.75) is 24.8 Å². The van der Waals surface area contributed by atoms with Crippen LogP contribution in [0, 0.1) is 0 Å². The third-order valence-corrected chi connectivity index (χ3v) is 7.18. The van der Waals surface area contributed by atoms with Gasteiger partial charge in [0.05, 0.1) is 10.0 Å². The van der Waals surface area contributed by atoms with Gasteiger partial charge in [0.2, 0.25) is 0 Å². The molecule has 0 fully saturated rings. The first-order valence-electron chi connectivity index (χ1n) is 8.00. The standard InChI is InChI=1S/C18H20Cl2NO3P/c1-21(25(22,23)24-2)18-10-8-13(14-5-3-4-6-15(14)18)12-7-9-16(19)17(20)11-12/h3-7,9,11,13,18H,8,10H2,1-2H3,(H,22,23)/t13-,18-/m0/s1. The summed E-state index contributed by atoms with van der Waals surface area (Å²) < 4.78 is 18.5. The van der Waals surface area contributed by atoms with Crippen molar-refractivity contribution in [2.75, 3.05) is 14.2 Å². The summed E-state index contributed by atoms with van der Waals surface area (Å²) in [6.45, 7) is 0. The predicted molar refractivity (Wildman–Crippen MR) is 101 cm³/mol. The molecule has 0 aromatic heterocycles. The Bertz CT molecular complexity index is 830. The Morgan fingerprint density at radius 3 is 2.44 bits per heavy atom. The molecule has 3 atom stereocenters. The lowest BCUT2D eigenvalue weighted by molar-refractivity contribution is 0.212. The summed E-state index contributed by atoms with van der Waals surface area (Å²) in [6.07, 6.45) is 1.58. The van der Waals surface area contributed by atoms with Crippen molar-refractivity contribution in [1.82, 2.24) is 4.67 Å². The van der Waals surface area contributed by atoms with Gasteiger partial charge in [0, 0.05) is 19.1 Å². The molecule has 4 nitrogen and oxygen atoms in total. The summed E-state index contributed by atoms with van der Waals surface area (Å²) in [4.78, 5) is 10.0. The Morgan fingerprint density at radius 2 is 1.80 bits per heavy atom. The van der Waals surface area contributed by atoms with E-state index in [2.05, 4.69) is 6.07 Å². The maximum Gasteiger partial charge on any atom is 0.405 e. The molecule has 1 aliphatic carbocycles. The lowest BCUT2D eigenvalue weighted by atomic mass is 9.77. The molecule has 7 heteroatoms. The zero-order chi connectivity index (χ0) is 18.2. The lowest BCUT2D eigenvalue weighted by Gasteiger charge is -2.37. The van der Waals surface area contributed by atoms with Crippen LogP contribution < -0.4 is 0 Å². The van der Waals surface area contributed by atoms with E-state index in [0.29, 0.717) is 10.0 Å². The van der Waals surface area contributed by atoms with Gasteiger partial charge in [-0.05, 0) is 48.7 Å². The van der Waals surface area contributed by atoms with E-state index in [-0.39, 0.29) is 12.0 Å². The number of fused-ring (bicyclic) bond motifs is 1. The van der Waals surface area contributed by atoms with E-state index in [1.165, 1.54) is 11.8 Å². The van der Waals surface area contributed by atoms with Crippen LogP contribution >= 0.6 is 30.9 Å². The van der Waals surface area contributed by atoms with Crippen molar-refractivity contribution >= 4 is 30.9 Å². The first kappa shape index (κ1) is 18.9. The van der Waals surface area contributed by atoms with Crippen LogP contribution in [0.15, 0.2) is 42.5 Å². The van der Waals surface area contributed by atoms with Crippen molar-refractivity contribution in [2.24, 2.45) is 0 Å². The number of rotatable bonds is 4. The Morgan fingerprint density at radius 1 is 1.12 bits per heavy atom. The van der Waals surface area contributed by atoms with E-state index in [0.717, 1.165) is 29.5 Å². The van der Waals surface area contributed by atoms with E-state index >= 15 is 0 Å². The molecule has 0 saturated heterocycles. The third kappa shape index (κ3) is 3.66. The van der Waals surface area contributed by atoms with Crippen LogP contribution in [-0.2, 0) is 9.09 Å². The molecule has 2 aromatic rings. The number of nitrogens with zero attached hydrogens (tertiary/aromatic N) is 1.